The molecule has 2 rings (SSSR count). The van der Waals surface area contributed by atoms with Crippen molar-refractivity contribution < 1.29 is 8.78 Å². The van der Waals surface area contributed by atoms with Crippen LogP contribution in [0.15, 0.2) is 12.1 Å². The van der Waals surface area contributed by atoms with Crippen LogP contribution in [0.4, 0.5) is 14.5 Å². The molecule has 1 unspecified atom stereocenters. The van der Waals surface area contributed by atoms with Crippen molar-refractivity contribution in [3.05, 3.63) is 29.3 Å². The summed E-state index contributed by atoms with van der Waals surface area (Å²) in [6.07, 6.45) is 4.14. The van der Waals surface area contributed by atoms with Gasteiger partial charge in [-0.2, -0.15) is 0 Å². The van der Waals surface area contributed by atoms with Gasteiger partial charge in [-0.15, -0.1) is 0 Å². The molecule has 1 aliphatic heterocycles. The molecule has 0 saturated carbocycles. The fourth-order valence-corrected chi connectivity index (χ4v) is 2.82. The molecule has 1 aliphatic rings. The molecule has 0 aliphatic carbocycles. The minimum absolute atomic E-state index is 0.0201. The SMILES string of the molecule is CCC1CCCN(c2c(F)cc(C(=N)N)cc2F)CC1. The number of hydrogen-bond acceptors (Lipinski definition) is 2. The van der Waals surface area contributed by atoms with Crippen molar-refractivity contribution in [2.75, 3.05) is 18.0 Å². The number of nitrogens with zero attached hydrogens (tertiary/aromatic N) is 1. The Morgan fingerprint density at radius 1 is 1.30 bits per heavy atom. The fourth-order valence-electron chi connectivity index (χ4n) is 2.82. The summed E-state index contributed by atoms with van der Waals surface area (Å²) in [6.45, 7) is 3.50. The Kier molecular flexibility index (Phi) is 4.57. The van der Waals surface area contributed by atoms with Gasteiger partial charge in [-0.3, -0.25) is 5.41 Å². The molecule has 0 bridgehead atoms. The maximum Gasteiger partial charge on any atom is 0.150 e. The molecule has 0 radical (unpaired) electrons. The van der Waals surface area contributed by atoms with Gasteiger partial charge >= 0.3 is 0 Å². The van der Waals surface area contributed by atoms with Crippen molar-refractivity contribution in [1.82, 2.24) is 0 Å². The van der Waals surface area contributed by atoms with E-state index in [9.17, 15) is 8.78 Å². The van der Waals surface area contributed by atoms with Crippen LogP contribution in [0.5, 0.6) is 0 Å². The number of hydrogen-bond donors (Lipinski definition) is 2. The Morgan fingerprint density at radius 3 is 2.50 bits per heavy atom. The lowest BCUT2D eigenvalue weighted by Gasteiger charge is -2.24. The van der Waals surface area contributed by atoms with Gasteiger partial charge in [0.05, 0.1) is 0 Å². The zero-order valence-corrected chi connectivity index (χ0v) is 11.8. The summed E-state index contributed by atoms with van der Waals surface area (Å²) in [5, 5.41) is 7.26. The van der Waals surface area contributed by atoms with Crippen LogP contribution in [0.1, 0.15) is 38.2 Å². The third kappa shape index (κ3) is 3.08. The smallest absolute Gasteiger partial charge is 0.150 e. The average molecular weight is 281 g/mol. The minimum Gasteiger partial charge on any atom is -0.384 e. The highest BCUT2D eigenvalue weighted by Crippen LogP contribution is 2.29. The summed E-state index contributed by atoms with van der Waals surface area (Å²) in [4.78, 5) is 1.78. The Labute approximate surface area is 118 Å². The quantitative estimate of drug-likeness (QED) is 0.660. The van der Waals surface area contributed by atoms with E-state index < -0.39 is 11.6 Å². The van der Waals surface area contributed by atoms with Gasteiger partial charge in [0.25, 0.3) is 0 Å². The van der Waals surface area contributed by atoms with Crippen LogP contribution in [-0.2, 0) is 0 Å². The second-order valence-electron chi connectivity index (χ2n) is 5.39. The van der Waals surface area contributed by atoms with Crippen LogP contribution >= 0.6 is 0 Å². The number of nitrogens with two attached hydrogens (primary N) is 1. The number of amidine groups is 1. The van der Waals surface area contributed by atoms with E-state index in [0.717, 1.165) is 37.8 Å². The Morgan fingerprint density at radius 2 is 1.95 bits per heavy atom. The number of halogens is 2. The molecule has 3 nitrogen and oxygen atoms in total. The van der Waals surface area contributed by atoms with E-state index in [0.29, 0.717) is 19.0 Å². The highest BCUT2D eigenvalue weighted by Gasteiger charge is 2.22. The van der Waals surface area contributed by atoms with Crippen molar-refractivity contribution >= 4 is 11.5 Å². The Hall–Kier alpha value is -1.65. The monoisotopic (exact) mass is 281 g/mol. The fraction of sp³-hybridized carbons (Fsp3) is 0.533. The lowest BCUT2D eigenvalue weighted by atomic mass is 9.98. The van der Waals surface area contributed by atoms with E-state index >= 15 is 0 Å². The molecular weight excluding hydrogens is 260 g/mol. The minimum atomic E-state index is -0.634. The highest BCUT2D eigenvalue weighted by molar-refractivity contribution is 5.95. The number of benzene rings is 1. The van der Waals surface area contributed by atoms with E-state index in [1.54, 1.807) is 4.90 Å². The van der Waals surface area contributed by atoms with Crippen LogP contribution in [0.3, 0.4) is 0 Å². The zero-order valence-electron chi connectivity index (χ0n) is 11.8. The second-order valence-corrected chi connectivity index (χ2v) is 5.39. The predicted octanol–water partition coefficient (Wildman–Crippen LogP) is 3.27. The zero-order chi connectivity index (χ0) is 14.7. The first-order valence-corrected chi connectivity index (χ1v) is 7.11. The number of anilines is 1. The summed E-state index contributed by atoms with van der Waals surface area (Å²) in [6, 6.07) is 2.28. The first-order chi connectivity index (χ1) is 9.52. The third-order valence-electron chi connectivity index (χ3n) is 4.07. The standard InChI is InChI=1S/C15H21F2N3/c1-2-10-4-3-6-20(7-5-10)14-12(16)8-11(15(18)19)9-13(14)17/h8-10H,2-7H2,1H3,(H3,18,19). The van der Waals surface area contributed by atoms with Crippen molar-refractivity contribution in [2.24, 2.45) is 11.7 Å². The van der Waals surface area contributed by atoms with Crippen molar-refractivity contribution in [2.45, 2.75) is 32.6 Å². The van der Waals surface area contributed by atoms with E-state index in [1.807, 2.05) is 0 Å². The molecule has 1 atom stereocenters. The number of rotatable bonds is 3. The van der Waals surface area contributed by atoms with E-state index in [1.165, 1.54) is 0 Å². The van der Waals surface area contributed by atoms with Gasteiger partial charge in [0.15, 0.2) is 0 Å². The summed E-state index contributed by atoms with van der Waals surface area (Å²) in [5.41, 5.74) is 5.39. The highest BCUT2D eigenvalue weighted by atomic mass is 19.1. The van der Waals surface area contributed by atoms with Crippen LogP contribution in [0.25, 0.3) is 0 Å². The first-order valence-electron chi connectivity index (χ1n) is 7.11. The van der Waals surface area contributed by atoms with Gasteiger partial charge in [0.1, 0.15) is 23.2 Å². The van der Waals surface area contributed by atoms with E-state index in [2.05, 4.69) is 6.92 Å². The Bertz CT molecular complexity index is 479. The van der Waals surface area contributed by atoms with E-state index in [4.69, 9.17) is 11.1 Å². The molecular formula is C15H21F2N3. The van der Waals surface area contributed by atoms with Crippen molar-refractivity contribution in [1.29, 1.82) is 5.41 Å². The molecule has 1 aromatic carbocycles. The second kappa shape index (κ2) is 6.20. The summed E-state index contributed by atoms with van der Waals surface area (Å²) in [5.74, 6) is -0.950. The molecule has 1 fully saturated rings. The van der Waals surface area contributed by atoms with Crippen LogP contribution in [0, 0.1) is 23.0 Å². The maximum atomic E-state index is 14.1. The van der Waals surface area contributed by atoms with Gasteiger partial charge in [-0.1, -0.05) is 13.3 Å². The summed E-state index contributed by atoms with van der Waals surface area (Å²) >= 11 is 0. The molecule has 1 saturated heterocycles. The molecule has 0 aromatic heterocycles. The molecule has 0 amide bonds. The molecule has 0 spiro atoms. The van der Waals surface area contributed by atoms with Crippen LogP contribution < -0.4 is 10.6 Å². The molecule has 1 heterocycles. The molecule has 5 heteroatoms. The normalized spacial score (nSPS) is 19.8. The van der Waals surface area contributed by atoms with Gasteiger partial charge in [0, 0.05) is 18.7 Å². The summed E-state index contributed by atoms with van der Waals surface area (Å²) < 4.78 is 28.3. The lowest BCUT2D eigenvalue weighted by Crippen LogP contribution is -2.27. The number of nitrogen functional groups attached to an aromatic ring is 1. The predicted molar refractivity (Wildman–Crippen MR) is 77.2 cm³/mol. The third-order valence-corrected chi connectivity index (χ3v) is 4.07. The molecule has 1 aromatic rings. The topological polar surface area (TPSA) is 53.1 Å². The molecule has 110 valence electrons. The average Bonchev–Trinajstić information content (AvgIpc) is 2.63. The Balaban J connectivity index is 2.26. The van der Waals surface area contributed by atoms with Crippen LogP contribution in [-0.4, -0.2) is 18.9 Å². The van der Waals surface area contributed by atoms with Gasteiger partial charge in [-0.25, -0.2) is 8.78 Å². The van der Waals surface area contributed by atoms with Crippen LogP contribution in [0.2, 0.25) is 0 Å². The molecule has 3 N–H and O–H groups in total. The lowest BCUT2D eigenvalue weighted by molar-refractivity contribution is 0.459. The first kappa shape index (κ1) is 14.8. The largest absolute Gasteiger partial charge is 0.384 e. The van der Waals surface area contributed by atoms with Gasteiger partial charge in [-0.05, 0) is 37.3 Å². The van der Waals surface area contributed by atoms with Crippen molar-refractivity contribution in [3.8, 4) is 0 Å². The van der Waals surface area contributed by atoms with Gasteiger partial charge in [0.2, 0.25) is 0 Å². The summed E-state index contributed by atoms with van der Waals surface area (Å²) in [7, 11) is 0. The van der Waals surface area contributed by atoms with Gasteiger partial charge < -0.3 is 10.6 Å². The molecule has 20 heavy (non-hydrogen) atoms. The number of nitrogens with one attached hydrogen (secondary N) is 1. The van der Waals surface area contributed by atoms with E-state index in [-0.39, 0.29) is 17.1 Å². The van der Waals surface area contributed by atoms with Crippen molar-refractivity contribution in [3.63, 3.8) is 0 Å². The maximum absolute atomic E-state index is 14.1.